The summed E-state index contributed by atoms with van der Waals surface area (Å²) in [6, 6.07) is 4.30. The van der Waals surface area contributed by atoms with Gasteiger partial charge in [-0.25, -0.2) is 4.98 Å². The lowest BCUT2D eigenvalue weighted by molar-refractivity contribution is 0.514. The molecule has 0 radical (unpaired) electrons. The summed E-state index contributed by atoms with van der Waals surface area (Å²) < 4.78 is 0. The molecule has 1 aliphatic rings. The zero-order chi connectivity index (χ0) is 11.6. The molecule has 3 nitrogen and oxygen atoms in total. The highest BCUT2D eigenvalue weighted by Gasteiger charge is 2.32. The number of aromatic nitrogens is 1. The standard InChI is InChI=1S/C13H21N3/c1-13(2)7-4-8-16(13)12-6-5-11(9-14-3)10-15-12/h5-6,10,14H,4,7-9H2,1-3H3. The van der Waals surface area contributed by atoms with Crippen LogP contribution < -0.4 is 10.2 Å². The van der Waals surface area contributed by atoms with Gasteiger partial charge in [0.15, 0.2) is 0 Å². The topological polar surface area (TPSA) is 28.2 Å². The van der Waals surface area contributed by atoms with Crippen LogP contribution in [-0.4, -0.2) is 24.1 Å². The highest BCUT2D eigenvalue weighted by molar-refractivity contribution is 5.43. The number of nitrogens with zero attached hydrogens (tertiary/aromatic N) is 2. The summed E-state index contributed by atoms with van der Waals surface area (Å²) in [5, 5.41) is 3.14. The lowest BCUT2D eigenvalue weighted by Gasteiger charge is -2.32. The number of rotatable bonds is 3. The van der Waals surface area contributed by atoms with Crippen molar-refractivity contribution in [3.63, 3.8) is 0 Å². The number of anilines is 1. The maximum Gasteiger partial charge on any atom is 0.128 e. The van der Waals surface area contributed by atoms with Crippen molar-refractivity contribution in [2.45, 2.75) is 38.8 Å². The second-order valence-electron chi connectivity index (χ2n) is 5.12. The molecule has 0 saturated carbocycles. The van der Waals surface area contributed by atoms with Crippen molar-refractivity contribution in [1.82, 2.24) is 10.3 Å². The Kier molecular flexibility index (Phi) is 3.15. The van der Waals surface area contributed by atoms with E-state index in [0.29, 0.717) is 0 Å². The molecule has 88 valence electrons. The third-order valence-electron chi connectivity index (χ3n) is 3.37. The quantitative estimate of drug-likeness (QED) is 0.844. The minimum atomic E-state index is 0.261. The molecule has 3 heteroatoms. The minimum absolute atomic E-state index is 0.261. The summed E-state index contributed by atoms with van der Waals surface area (Å²) in [5.41, 5.74) is 1.50. The fourth-order valence-electron chi connectivity index (χ4n) is 2.42. The molecule has 1 aromatic rings. The second-order valence-corrected chi connectivity index (χ2v) is 5.12. The fourth-order valence-corrected chi connectivity index (χ4v) is 2.42. The molecular weight excluding hydrogens is 198 g/mol. The van der Waals surface area contributed by atoms with Crippen molar-refractivity contribution in [1.29, 1.82) is 0 Å². The molecule has 0 unspecified atom stereocenters. The van der Waals surface area contributed by atoms with Crippen LogP contribution in [-0.2, 0) is 6.54 Å². The second kappa shape index (κ2) is 4.42. The molecule has 1 fully saturated rings. The lowest BCUT2D eigenvalue weighted by atomic mass is 10.0. The van der Waals surface area contributed by atoms with E-state index >= 15 is 0 Å². The van der Waals surface area contributed by atoms with Gasteiger partial charge in [-0.3, -0.25) is 0 Å². The van der Waals surface area contributed by atoms with Crippen molar-refractivity contribution in [2.24, 2.45) is 0 Å². The Hall–Kier alpha value is -1.09. The van der Waals surface area contributed by atoms with E-state index < -0.39 is 0 Å². The van der Waals surface area contributed by atoms with Gasteiger partial charge in [0, 0.05) is 24.8 Å². The van der Waals surface area contributed by atoms with Gasteiger partial charge >= 0.3 is 0 Å². The van der Waals surface area contributed by atoms with Gasteiger partial charge in [0.25, 0.3) is 0 Å². The summed E-state index contributed by atoms with van der Waals surface area (Å²) in [7, 11) is 1.96. The molecule has 16 heavy (non-hydrogen) atoms. The fraction of sp³-hybridized carbons (Fsp3) is 0.615. The molecule has 1 aliphatic heterocycles. The number of nitrogens with one attached hydrogen (secondary N) is 1. The first kappa shape index (κ1) is 11.4. The summed E-state index contributed by atoms with van der Waals surface area (Å²) in [6.07, 6.45) is 4.50. The molecule has 1 aromatic heterocycles. The van der Waals surface area contributed by atoms with E-state index in [0.717, 1.165) is 18.9 Å². The smallest absolute Gasteiger partial charge is 0.128 e. The first-order chi connectivity index (χ1) is 7.63. The Balaban J connectivity index is 2.15. The van der Waals surface area contributed by atoms with E-state index in [-0.39, 0.29) is 5.54 Å². The third kappa shape index (κ3) is 2.19. The summed E-state index contributed by atoms with van der Waals surface area (Å²) in [5.74, 6) is 1.11. The van der Waals surface area contributed by atoms with Crippen LogP contribution in [0.25, 0.3) is 0 Å². The van der Waals surface area contributed by atoms with E-state index in [9.17, 15) is 0 Å². The Labute approximate surface area is 97.9 Å². The first-order valence-corrected chi connectivity index (χ1v) is 6.01. The SMILES string of the molecule is CNCc1ccc(N2CCCC2(C)C)nc1. The van der Waals surface area contributed by atoms with E-state index in [1.807, 2.05) is 13.2 Å². The number of hydrogen-bond acceptors (Lipinski definition) is 3. The third-order valence-corrected chi connectivity index (χ3v) is 3.37. The van der Waals surface area contributed by atoms with Gasteiger partial charge < -0.3 is 10.2 Å². The monoisotopic (exact) mass is 219 g/mol. The first-order valence-electron chi connectivity index (χ1n) is 6.01. The van der Waals surface area contributed by atoms with Crippen LogP contribution in [0.5, 0.6) is 0 Å². The van der Waals surface area contributed by atoms with Gasteiger partial charge in [0.2, 0.25) is 0 Å². The van der Waals surface area contributed by atoms with Gasteiger partial charge in [-0.2, -0.15) is 0 Å². The Bertz CT molecular complexity index is 343. The van der Waals surface area contributed by atoms with Gasteiger partial charge in [-0.15, -0.1) is 0 Å². The van der Waals surface area contributed by atoms with Crippen LogP contribution in [0.2, 0.25) is 0 Å². The van der Waals surface area contributed by atoms with E-state index in [1.165, 1.54) is 18.4 Å². The summed E-state index contributed by atoms with van der Waals surface area (Å²) >= 11 is 0. The number of hydrogen-bond donors (Lipinski definition) is 1. The van der Waals surface area contributed by atoms with Crippen LogP contribution >= 0.6 is 0 Å². The van der Waals surface area contributed by atoms with Crippen LogP contribution in [0.4, 0.5) is 5.82 Å². The predicted molar refractivity (Wildman–Crippen MR) is 67.7 cm³/mol. The van der Waals surface area contributed by atoms with Crippen LogP contribution in [0.3, 0.4) is 0 Å². The maximum absolute atomic E-state index is 4.56. The average Bonchev–Trinajstić information content (AvgIpc) is 2.60. The molecule has 0 spiro atoms. The summed E-state index contributed by atoms with van der Waals surface area (Å²) in [6.45, 7) is 6.61. The minimum Gasteiger partial charge on any atom is -0.352 e. The molecular formula is C13H21N3. The normalized spacial score (nSPS) is 19.1. The van der Waals surface area contributed by atoms with Gasteiger partial charge in [0.05, 0.1) is 0 Å². The van der Waals surface area contributed by atoms with Crippen molar-refractivity contribution >= 4 is 5.82 Å². The molecule has 0 amide bonds. The predicted octanol–water partition coefficient (Wildman–Crippen LogP) is 2.18. The lowest BCUT2D eigenvalue weighted by Crippen LogP contribution is -2.38. The molecule has 0 bridgehead atoms. The Morgan fingerprint density at radius 1 is 1.44 bits per heavy atom. The van der Waals surface area contributed by atoms with Gasteiger partial charge in [-0.05, 0) is 45.4 Å². The van der Waals surface area contributed by atoms with Crippen molar-refractivity contribution < 1.29 is 0 Å². The van der Waals surface area contributed by atoms with Crippen LogP contribution in [0.1, 0.15) is 32.3 Å². The molecule has 2 heterocycles. The molecule has 1 N–H and O–H groups in total. The largest absolute Gasteiger partial charge is 0.352 e. The van der Waals surface area contributed by atoms with Crippen molar-refractivity contribution in [3.8, 4) is 0 Å². The maximum atomic E-state index is 4.56. The number of pyridine rings is 1. The van der Waals surface area contributed by atoms with Crippen molar-refractivity contribution in [2.75, 3.05) is 18.5 Å². The highest BCUT2D eigenvalue weighted by Crippen LogP contribution is 2.32. The molecule has 2 rings (SSSR count). The van der Waals surface area contributed by atoms with Crippen LogP contribution in [0.15, 0.2) is 18.3 Å². The zero-order valence-corrected chi connectivity index (χ0v) is 10.5. The molecule has 0 atom stereocenters. The highest BCUT2D eigenvalue weighted by atomic mass is 15.3. The van der Waals surface area contributed by atoms with E-state index in [4.69, 9.17) is 0 Å². The molecule has 0 aliphatic carbocycles. The van der Waals surface area contributed by atoms with Gasteiger partial charge in [0.1, 0.15) is 5.82 Å². The average molecular weight is 219 g/mol. The Morgan fingerprint density at radius 3 is 2.75 bits per heavy atom. The molecule has 0 aromatic carbocycles. The Morgan fingerprint density at radius 2 is 2.25 bits per heavy atom. The van der Waals surface area contributed by atoms with E-state index in [2.05, 4.69) is 41.2 Å². The van der Waals surface area contributed by atoms with E-state index in [1.54, 1.807) is 0 Å². The molecule has 1 saturated heterocycles. The summed E-state index contributed by atoms with van der Waals surface area (Å²) in [4.78, 5) is 6.97. The van der Waals surface area contributed by atoms with Crippen LogP contribution in [0, 0.1) is 0 Å². The van der Waals surface area contributed by atoms with Crippen molar-refractivity contribution in [3.05, 3.63) is 23.9 Å². The zero-order valence-electron chi connectivity index (χ0n) is 10.5. The van der Waals surface area contributed by atoms with Gasteiger partial charge in [-0.1, -0.05) is 6.07 Å².